The molecular formula is C13H22N4O2S. The first-order valence-electron chi connectivity index (χ1n) is 6.45. The van der Waals surface area contributed by atoms with E-state index in [4.69, 9.17) is 0 Å². The van der Waals surface area contributed by atoms with Crippen molar-refractivity contribution in [1.82, 2.24) is 19.8 Å². The van der Waals surface area contributed by atoms with E-state index in [0.717, 1.165) is 6.54 Å². The van der Waals surface area contributed by atoms with Crippen molar-refractivity contribution in [3.05, 3.63) is 36.7 Å². The molecule has 20 heavy (non-hydrogen) atoms. The fraction of sp³-hybridized carbons (Fsp3) is 0.462. The van der Waals surface area contributed by atoms with Crippen LogP contribution in [0.2, 0.25) is 0 Å². The first kappa shape index (κ1) is 16.6. The smallest absolute Gasteiger partial charge is 0.247 e. The van der Waals surface area contributed by atoms with Crippen LogP contribution >= 0.6 is 0 Å². The van der Waals surface area contributed by atoms with Crippen LogP contribution in [-0.4, -0.2) is 42.6 Å². The summed E-state index contributed by atoms with van der Waals surface area (Å²) in [5, 5.41) is 9.91. The molecule has 2 N–H and O–H groups in total. The fourth-order valence-electron chi connectivity index (χ4n) is 1.86. The van der Waals surface area contributed by atoms with Crippen LogP contribution < -0.4 is 5.32 Å². The summed E-state index contributed by atoms with van der Waals surface area (Å²) >= 11 is 0. The lowest BCUT2D eigenvalue weighted by Crippen LogP contribution is -2.32. The second kappa shape index (κ2) is 7.37. The predicted octanol–water partition coefficient (Wildman–Crippen LogP) is 1.19. The van der Waals surface area contributed by atoms with Gasteiger partial charge in [0.05, 0.1) is 11.4 Å². The third-order valence-corrected chi connectivity index (χ3v) is 4.80. The van der Waals surface area contributed by atoms with Crippen molar-refractivity contribution in [2.75, 3.05) is 19.6 Å². The van der Waals surface area contributed by atoms with Crippen molar-refractivity contribution in [3.8, 4) is 0 Å². The first-order chi connectivity index (χ1) is 9.48. The number of nitrogens with zero attached hydrogens (tertiary/aromatic N) is 2. The van der Waals surface area contributed by atoms with Gasteiger partial charge in [-0.25, -0.2) is 8.42 Å². The van der Waals surface area contributed by atoms with E-state index in [1.807, 2.05) is 6.92 Å². The normalized spacial score (nSPS) is 11.8. The highest BCUT2D eigenvalue weighted by molar-refractivity contribution is 7.89. The van der Waals surface area contributed by atoms with Crippen molar-refractivity contribution < 1.29 is 8.42 Å². The second-order valence-electron chi connectivity index (χ2n) is 4.30. The van der Waals surface area contributed by atoms with E-state index in [0.29, 0.717) is 17.9 Å². The summed E-state index contributed by atoms with van der Waals surface area (Å²) in [6, 6.07) is 0. The number of H-pyrrole nitrogens is 1. The Hall–Kier alpha value is -1.44. The minimum absolute atomic E-state index is 0.236. The van der Waals surface area contributed by atoms with Crippen LogP contribution in [0.4, 0.5) is 0 Å². The van der Waals surface area contributed by atoms with Gasteiger partial charge in [-0.05, 0) is 13.5 Å². The average molecular weight is 298 g/mol. The van der Waals surface area contributed by atoms with Gasteiger partial charge in [-0.3, -0.25) is 5.10 Å². The van der Waals surface area contributed by atoms with Gasteiger partial charge in [-0.15, -0.1) is 13.2 Å². The zero-order valence-corrected chi connectivity index (χ0v) is 12.8. The second-order valence-corrected chi connectivity index (χ2v) is 6.18. The monoisotopic (exact) mass is 298 g/mol. The van der Waals surface area contributed by atoms with Crippen LogP contribution in [0.5, 0.6) is 0 Å². The molecule has 0 aliphatic rings. The lowest BCUT2D eigenvalue weighted by Gasteiger charge is -2.19. The van der Waals surface area contributed by atoms with Crippen LogP contribution in [0.15, 0.2) is 30.2 Å². The van der Waals surface area contributed by atoms with Crippen molar-refractivity contribution in [1.29, 1.82) is 0 Å². The molecule has 1 aromatic heterocycles. The predicted molar refractivity (Wildman–Crippen MR) is 79.9 cm³/mol. The van der Waals surface area contributed by atoms with E-state index in [2.05, 4.69) is 28.7 Å². The topological polar surface area (TPSA) is 78.1 Å². The van der Waals surface area contributed by atoms with Crippen molar-refractivity contribution in [2.24, 2.45) is 0 Å². The van der Waals surface area contributed by atoms with Crippen LogP contribution in [0.25, 0.3) is 0 Å². The highest BCUT2D eigenvalue weighted by Gasteiger charge is 2.29. The summed E-state index contributed by atoms with van der Waals surface area (Å²) in [5.74, 6) is 0. The first-order valence-corrected chi connectivity index (χ1v) is 7.89. The highest BCUT2D eigenvalue weighted by Crippen LogP contribution is 2.22. The highest BCUT2D eigenvalue weighted by atomic mass is 32.2. The summed E-state index contributed by atoms with van der Waals surface area (Å²) in [6.45, 7) is 12.5. The third kappa shape index (κ3) is 3.56. The van der Waals surface area contributed by atoms with Gasteiger partial charge < -0.3 is 5.32 Å². The van der Waals surface area contributed by atoms with Gasteiger partial charge in [0, 0.05) is 19.6 Å². The quantitative estimate of drug-likeness (QED) is 0.671. The molecule has 0 aromatic carbocycles. The molecule has 1 heterocycles. The molecule has 0 bridgehead atoms. The van der Waals surface area contributed by atoms with Crippen molar-refractivity contribution in [3.63, 3.8) is 0 Å². The number of nitrogens with one attached hydrogen (secondary N) is 2. The Morgan fingerprint density at radius 1 is 1.35 bits per heavy atom. The minimum Gasteiger partial charge on any atom is -0.311 e. The van der Waals surface area contributed by atoms with E-state index < -0.39 is 10.0 Å². The van der Waals surface area contributed by atoms with Gasteiger partial charge in [0.2, 0.25) is 10.0 Å². The summed E-state index contributed by atoms with van der Waals surface area (Å²) in [4.78, 5) is 0.238. The Morgan fingerprint density at radius 3 is 2.45 bits per heavy atom. The molecule has 0 saturated carbocycles. The molecule has 0 amide bonds. The molecule has 0 atom stereocenters. The molecule has 0 aliphatic heterocycles. The van der Waals surface area contributed by atoms with Crippen molar-refractivity contribution >= 4 is 10.0 Å². The number of sulfonamides is 1. The molecule has 0 saturated heterocycles. The number of aromatic amines is 1. The lowest BCUT2D eigenvalue weighted by atomic mass is 10.3. The van der Waals surface area contributed by atoms with Gasteiger partial charge in [-0.1, -0.05) is 19.1 Å². The molecule has 0 fully saturated rings. The molecular weight excluding hydrogens is 276 g/mol. The SMILES string of the molecule is C=CCN(CC=C)S(=O)(=O)c1c(CNCC)n[nH]c1C. The maximum Gasteiger partial charge on any atom is 0.247 e. The number of aromatic nitrogens is 2. The fourth-order valence-corrected chi connectivity index (χ4v) is 3.57. The van der Waals surface area contributed by atoms with Crippen LogP contribution in [0.3, 0.4) is 0 Å². The zero-order valence-electron chi connectivity index (χ0n) is 12.0. The number of aryl methyl sites for hydroxylation is 1. The molecule has 1 rings (SSSR count). The van der Waals surface area contributed by atoms with Crippen molar-refractivity contribution in [2.45, 2.75) is 25.3 Å². The van der Waals surface area contributed by atoms with E-state index in [9.17, 15) is 8.42 Å². The van der Waals surface area contributed by atoms with Gasteiger partial charge in [0.1, 0.15) is 4.90 Å². The van der Waals surface area contributed by atoms with Crippen LogP contribution in [0.1, 0.15) is 18.3 Å². The molecule has 0 unspecified atom stereocenters. The molecule has 7 heteroatoms. The van der Waals surface area contributed by atoms with Gasteiger partial charge >= 0.3 is 0 Å². The maximum atomic E-state index is 12.7. The molecule has 1 aromatic rings. The van der Waals surface area contributed by atoms with E-state index in [1.54, 1.807) is 19.1 Å². The van der Waals surface area contributed by atoms with E-state index in [1.165, 1.54) is 4.31 Å². The molecule has 112 valence electrons. The Bertz CT molecular complexity index is 553. The molecule has 0 aliphatic carbocycles. The Morgan fingerprint density at radius 2 is 1.95 bits per heavy atom. The molecule has 0 spiro atoms. The van der Waals surface area contributed by atoms with Gasteiger partial charge in [0.15, 0.2) is 0 Å². The standard InChI is InChI=1S/C13H22N4O2S/c1-5-8-17(9-6-2)20(18,19)13-11(4)15-16-12(13)10-14-7-3/h5-6,14H,1-2,7-10H2,3-4H3,(H,15,16). The van der Waals surface area contributed by atoms with E-state index >= 15 is 0 Å². The third-order valence-electron chi connectivity index (χ3n) is 2.77. The van der Waals surface area contributed by atoms with E-state index in [-0.39, 0.29) is 18.0 Å². The Kier molecular flexibility index (Phi) is 6.12. The summed E-state index contributed by atoms with van der Waals surface area (Å²) in [7, 11) is -3.62. The number of rotatable bonds is 9. The lowest BCUT2D eigenvalue weighted by molar-refractivity contribution is 0.472. The average Bonchev–Trinajstić information content (AvgIpc) is 2.78. The zero-order chi connectivity index (χ0) is 15.2. The van der Waals surface area contributed by atoms with Crippen LogP contribution in [0, 0.1) is 6.92 Å². The van der Waals surface area contributed by atoms with Gasteiger partial charge in [-0.2, -0.15) is 9.40 Å². The number of hydrogen-bond acceptors (Lipinski definition) is 4. The summed E-state index contributed by atoms with van der Waals surface area (Å²) < 4.78 is 26.8. The van der Waals surface area contributed by atoms with Gasteiger partial charge in [0.25, 0.3) is 0 Å². The minimum atomic E-state index is -3.62. The number of hydrogen-bond donors (Lipinski definition) is 2. The summed E-state index contributed by atoms with van der Waals surface area (Å²) in [6.07, 6.45) is 3.11. The Balaban J connectivity index is 3.21. The van der Waals surface area contributed by atoms with Crippen LogP contribution in [-0.2, 0) is 16.6 Å². The molecule has 6 nitrogen and oxygen atoms in total. The maximum absolute atomic E-state index is 12.7. The molecule has 0 radical (unpaired) electrons. The Labute approximate surface area is 120 Å². The largest absolute Gasteiger partial charge is 0.311 e. The summed E-state index contributed by atoms with van der Waals surface area (Å²) in [5.41, 5.74) is 1.04.